The fourth-order valence-electron chi connectivity index (χ4n) is 3.72. The molecule has 1 amide bonds. The lowest BCUT2D eigenvalue weighted by Crippen LogP contribution is -2.16. The van der Waals surface area contributed by atoms with Gasteiger partial charge in [0.15, 0.2) is 17.1 Å². The number of nitrogens with zero attached hydrogens (tertiary/aromatic N) is 3. The minimum Gasteiger partial charge on any atom is -0.490 e. The highest BCUT2D eigenvalue weighted by atomic mass is 19.1. The van der Waals surface area contributed by atoms with Gasteiger partial charge in [-0.2, -0.15) is 5.10 Å². The van der Waals surface area contributed by atoms with Crippen molar-refractivity contribution in [2.45, 2.75) is 27.7 Å². The molecule has 8 heteroatoms. The fourth-order valence-corrected chi connectivity index (χ4v) is 3.72. The van der Waals surface area contributed by atoms with Crippen molar-refractivity contribution < 1.29 is 18.7 Å². The average molecular weight is 448 g/mol. The molecule has 0 fully saturated rings. The number of ether oxygens (including phenoxy) is 2. The number of aromatic nitrogens is 3. The molecule has 0 saturated carbocycles. The zero-order chi connectivity index (χ0) is 23.5. The van der Waals surface area contributed by atoms with Crippen molar-refractivity contribution in [1.29, 1.82) is 0 Å². The summed E-state index contributed by atoms with van der Waals surface area (Å²) in [5.41, 5.74) is 4.09. The molecule has 0 spiro atoms. The van der Waals surface area contributed by atoms with Crippen LogP contribution in [0.2, 0.25) is 0 Å². The lowest BCUT2D eigenvalue weighted by Gasteiger charge is -2.12. The molecule has 1 N–H and O–H groups in total. The van der Waals surface area contributed by atoms with Crippen LogP contribution < -0.4 is 14.8 Å². The van der Waals surface area contributed by atoms with Crippen LogP contribution in [0, 0.1) is 19.7 Å². The van der Waals surface area contributed by atoms with Crippen molar-refractivity contribution in [2.75, 3.05) is 18.5 Å². The summed E-state index contributed by atoms with van der Waals surface area (Å²) in [4.78, 5) is 17.4. The van der Waals surface area contributed by atoms with E-state index in [0.29, 0.717) is 41.6 Å². The Kier molecular flexibility index (Phi) is 6.26. The van der Waals surface area contributed by atoms with E-state index in [0.717, 1.165) is 16.8 Å². The number of amides is 1. The topological polar surface area (TPSA) is 77.8 Å². The third-order valence-electron chi connectivity index (χ3n) is 5.26. The summed E-state index contributed by atoms with van der Waals surface area (Å²) in [5.74, 6) is 0.360. The fraction of sp³-hybridized carbons (Fsp3) is 0.240. The highest BCUT2D eigenvalue weighted by Gasteiger charge is 2.20. The maximum Gasteiger partial charge on any atom is 0.259 e. The van der Waals surface area contributed by atoms with Crippen molar-refractivity contribution >= 4 is 17.2 Å². The number of halogens is 1. The van der Waals surface area contributed by atoms with E-state index in [-0.39, 0.29) is 5.69 Å². The van der Waals surface area contributed by atoms with E-state index in [1.54, 1.807) is 23.6 Å². The number of aryl methyl sites for hydroxylation is 2. The second-order valence-electron chi connectivity index (χ2n) is 7.41. The number of rotatable bonds is 7. The van der Waals surface area contributed by atoms with Gasteiger partial charge in [-0.05, 0) is 57.5 Å². The van der Waals surface area contributed by atoms with Gasteiger partial charge < -0.3 is 14.8 Å². The van der Waals surface area contributed by atoms with Crippen molar-refractivity contribution in [2.24, 2.45) is 0 Å². The molecular formula is C25H25FN4O3. The summed E-state index contributed by atoms with van der Waals surface area (Å²) in [6, 6.07) is 11.7. The Balaban J connectivity index is 1.75. The van der Waals surface area contributed by atoms with Crippen molar-refractivity contribution in [3.8, 4) is 22.6 Å². The van der Waals surface area contributed by atoms with Crippen LogP contribution in [0.3, 0.4) is 0 Å². The number of carbonyl (C=O) groups excluding carboxylic acids is 1. The van der Waals surface area contributed by atoms with Gasteiger partial charge in [-0.1, -0.05) is 18.2 Å². The normalized spacial score (nSPS) is 10.9. The Labute approximate surface area is 191 Å². The van der Waals surface area contributed by atoms with Gasteiger partial charge in [0.25, 0.3) is 5.91 Å². The first-order valence-electron chi connectivity index (χ1n) is 10.7. The van der Waals surface area contributed by atoms with E-state index >= 15 is 0 Å². The van der Waals surface area contributed by atoms with Crippen LogP contribution in [0.1, 0.15) is 35.6 Å². The first kappa shape index (κ1) is 22.3. The molecule has 0 unspecified atom stereocenters. The molecule has 2 aromatic carbocycles. The average Bonchev–Trinajstić information content (AvgIpc) is 3.14. The van der Waals surface area contributed by atoms with Gasteiger partial charge in [-0.25, -0.2) is 13.9 Å². The summed E-state index contributed by atoms with van der Waals surface area (Å²) < 4.78 is 27.0. The van der Waals surface area contributed by atoms with Crippen LogP contribution in [0.5, 0.6) is 11.5 Å². The summed E-state index contributed by atoms with van der Waals surface area (Å²) in [6.07, 6.45) is 1.49. The van der Waals surface area contributed by atoms with E-state index in [1.165, 1.54) is 18.3 Å². The number of fused-ring (bicyclic) bond motifs is 1. The number of para-hydroxylation sites is 1. The maximum absolute atomic E-state index is 14.0. The molecule has 7 nitrogen and oxygen atoms in total. The van der Waals surface area contributed by atoms with Gasteiger partial charge >= 0.3 is 0 Å². The van der Waals surface area contributed by atoms with Crippen LogP contribution in [-0.2, 0) is 0 Å². The molecule has 2 aromatic heterocycles. The second kappa shape index (κ2) is 9.28. The Morgan fingerprint density at radius 1 is 1.06 bits per heavy atom. The van der Waals surface area contributed by atoms with Gasteiger partial charge in [0.1, 0.15) is 5.82 Å². The van der Waals surface area contributed by atoms with E-state index in [9.17, 15) is 9.18 Å². The third kappa shape index (κ3) is 4.24. The highest BCUT2D eigenvalue weighted by Crippen LogP contribution is 2.36. The summed E-state index contributed by atoms with van der Waals surface area (Å²) in [5, 5.41) is 7.22. The molecule has 0 aliphatic heterocycles. The zero-order valence-corrected chi connectivity index (χ0v) is 19.0. The smallest absolute Gasteiger partial charge is 0.259 e. The van der Waals surface area contributed by atoms with Crippen molar-refractivity contribution in [3.05, 3.63) is 71.4 Å². The first-order chi connectivity index (χ1) is 15.9. The van der Waals surface area contributed by atoms with Gasteiger partial charge in [-0.15, -0.1) is 0 Å². The van der Waals surface area contributed by atoms with E-state index in [4.69, 9.17) is 9.47 Å². The predicted molar refractivity (Wildman–Crippen MR) is 125 cm³/mol. The highest BCUT2D eigenvalue weighted by molar-refractivity contribution is 6.05. The number of hydrogen-bond acceptors (Lipinski definition) is 5. The molecule has 170 valence electrons. The predicted octanol–water partition coefficient (Wildman–Crippen LogP) is 5.20. The van der Waals surface area contributed by atoms with Crippen LogP contribution in [0.25, 0.3) is 16.8 Å². The van der Waals surface area contributed by atoms with Crippen LogP contribution in [0.4, 0.5) is 10.1 Å². The minimum atomic E-state index is -0.504. The molecule has 0 saturated heterocycles. The van der Waals surface area contributed by atoms with Crippen LogP contribution in [0.15, 0.2) is 48.7 Å². The lowest BCUT2D eigenvalue weighted by molar-refractivity contribution is 0.102. The molecule has 0 aliphatic rings. The Morgan fingerprint density at radius 3 is 2.52 bits per heavy atom. The standard InChI is InChI=1S/C25H25FN4O3/c1-5-32-21-12-11-17(13-22(21)33-6-2)23-15(3)29-30-16(4)18(14-27-24(23)30)25(31)28-20-10-8-7-9-19(20)26/h7-14H,5-6H2,1-4H3,(H,28,31). The molecule has 0 aliphatic carbocycles. The molecule has 4 aromatic rings. The van der Waals surface area contributed by atoms with Gasteiger partial charge in [0.05, 0.1) is 35.9 Å². The third-order valence-corrected chi connectivity index (χ3v) is 5.26. The minimum absolute atomic E-state index is 0.108. The molecule has 0 atom stereocenters. The van der Waals surface area contributed by atoms with Crippen LogP contribution in [-0.4, -0.2) is 33.7 Å². The number of nitrogens with one attached hydrogen (secondary N) is 1. The number of anilines is 1. The summed E-state index contributed by atoms with van der Waals surface area (Å²) in [6.45, 7) is 8.56. The lowest BCUT2D eigenvalue weighted by atomic mass is 10.1. The molecule has 4 rings (SSSR count). The summed E-state index contributed by atoms with van der Waals surface area (Å²) in [7, 11) is 0. The molecule has 33 heavy (non-hydrogen) atoms. The number of hydrogen-bond donors (Lipinski definition) is 1. The van der Waals surface area contributed by atoms with Crippen LogP contribution >= 0.6 is 0 Å². The molecule has 2 heterocycles. The molecule has 0 bridgehead atoms. The van der Waals surface area contributed by atoms with Gasteiger partial charge in [0.2, 0.25) is 0 Å². The second-order valence-corrected chi connectivity index (χ2v) is 7.41. The quantitative estimate of drug-likeness (QED) is 0.420. The molecule has 0 radical (unpaired) electrons. The number of carbonyl (C=O) groups is 1. The van der Waals surface area contributed by atoms with Crippen molar-refractivity contribution in [1.82, 2.24) is 14.6 Å². The van der Waals surface area contributed by atoms with E-state index in [2.05, 4.69) is 15.4 Å². The molecular weight excluding hydrogens is 423 g/mol. The Bertz CT molecular complexity index is 1330. The van der Waals surface area contributed by atoms with Crippen molar-refractivity contribution in [3.63, 3.8) is 0 Å². The van der Waals surface area contributed by atoms with Gasteiger partial charge in [-0.3, -0.25) is 4.79 Å². The van der Waals surface area contributed by atoms with Gasteiger partial charge in [0, 0.05) is 11.8 Å². The SMILES string of the molecule is CCOc1ccc(-c2c(C)nn3c(C)c(C(=O)Nc4ccccc4F)cnc23)cc1OCC. The van der Waals surface area contributed by atoms with E-state index < -0.39 is 11.7 Å². The van der Waals surface area contributed by atoms with E-state index in [1.807, 2.05) is 39.0 Å². The maximum atomic E-state index is 14.0. The number of benzene rings is 2. The Morgan fingerprint density at radius 2 is 1.79 bits per heavy atom. The first-order valence-corrected chi connectivity index (χ1v) is 10.7. The Hall–Kier alpha value is -3.94. The zero-order valence-electron chi connectivity index (χ0n) is 19.0. The largest absolute Gasteiger partial charge is 0.490 e. The monoisotopic (exact) mass is 448 g/mol. The summed E-state index contributed by atoms with van der Waals surface area (Å²) >= 11 is 0.